The van der Waals surface area contributed by atoms with Crippen LogP contribution >= 0.6 is 0 Å². The van der Waals surface area contributed by atoms with Crippen molar-refractivity contribution in [1.82, 2.24) is 0 Å². The molecule has 0 bridgehead atoms. The van der Waals surface area contributed by atoms with E-state index in [1.165, 1.54) is 0 Å². The van der Waals surface area contributed by atoms with E-state index in [1.807, 2.05) is 0 Å². The third-order valence-electron chi connectivity index (χ3n) is 1.62. The molecule has 1 N–H and O–H groups in total. The van der Waals surface area contributed by atoms with Crippen molar-refractivity contribution >= 4 is 0 Å². The summed E-state index contributed by atoms with van der Waals surface area (Å²) in [6.07, 6.45) is -0.469. The number of hydrogen-bond donors (Lipinski definition) is 1. The van der Waals surface area contributed by atoms with Gasteiger partial charge in [-0.15, -0.1) is 0 Å². The van der Waals surface area contributed by atoms with Crippen LogP contribution in [0.1, 0.15) is 24.2 Å². The van der Waals surface area contributed by atoms with Crippen LogP contribution in [0.3, 0.4) is 0 Å². The Morgan fingerprint density at radius 2 is 1.91 bits per heavy atom. The molecule has 0 spiro atoms. The largest absolute Gasteiger partial charge is 0.389 e. The van der Waals surface area contributed by atoms with Crippen molar-refractivity contribution in [2.75, 3.05) is 0 Å². The standard InChI is InChI=1S/C9H11FO/c1-7(11)9-4-2-8(6-10)3-5-9/h2-5,7,11H,6H2,1H3. The van der Waals surface area contributed by atoms with Gasteiger partial charge < -0.3 is 5.11 Å². The van der Waals surface area contributed by atoms with Crippen molar-refractivity contribution in [2.24, 2.45) is 0 Å². The van der Waals surface area contributed by atoms with E-state index in [4.69, 9.17) is 5.11 Å². The predicted molar refractivity (Wildman–Crippen MR) is 41.9 cm³/mol. The average Bonchev–Trinajstić information content (AvgIpc) is 2.05. The highest BCUT2D eigenvalue weighted by molar-refractivity contribution is 5.23. The van der Waals surface area contributed by atoms with E-state index in [0.29, 0.717) is 5.56 Å². The van der Waals surface area contributed by atoms with E-state index >= 15 is 0 Å². The van der Waals surface area contributed by atoms with E-state index in [1.54, 1.807) is 31.2 Å². The molecule has 0 radical (unpaired) electrons. The van der Waals surface area contributed by atoms with Crippen LogP contribution in [0.4, 0.5) is 4.39 Å². The number of aliphatic hydroxyl groups excluding tert-OH is 1. The van der Waals surface area contributed by atoms with Gasteiger partial charge in [0.1, 0.15) is 6.67 Å². The summed E-state index contributed by atoms with van der Waals surface area (Å²) in [6.45, 7) is 1.24. The zero-order chi connectivity index (χ0) is 8.27. The Morgan fingerprint density at radius 1 is 1.36 bits per heavy atom. The zero-order valence-corrected chi connectivity index (χ0v) is 6.42. The molecule has 1 unspecified atom stereocenters. The Balaban J connectivity index is 2.83. The summed E-state index contributed by atoms with van der Waals surface area (Å²) in [6, 6.07) is 6.84. The molecule has 1 atom stereocenters. The van der Waals surface area contributed by atoms with Gasteiger partial charge in [-0.05, 0) is 18.1 Å². The van der Waals surface area contributed by atoms with Crippen molar-refractivity contribution < 1.29 is 9.50 Å². The van der Waals surface area contributed by atoms with Crippen molar-refractivity contribution in [3.63, 3.8) is 0 Å². The van der Waals surface area contributed by atoms with Crippen LogP contribution in [-0.4, -0.2) is 5.11 Å². The normalized spacial score (nSPS) is 13.0. The average molecular weight is 154 g/mol. The fraction of sp³-hybridized carbons (Fsp3) is 0.333. The second-order valence-electron chi connectivity index (χ2n) is 2.55. The molecule has 0 aromatic heterocycles. The van der Waals surface area contributed by atoms with E-state index in [2.05, 4.69) is 0 Å². The van der Waals surface area contributed by atoms with Gasteiger partial charge >= 0.3 is 0 Å². The molecule has 1 aromatic carbocycles. The monoisotopic (exact) mass is 154 g/mol. The highest BCUT2D eigenvalue weighted by atomic mass is 19.1. The molecular weight excluding hydrogens is 143 g/mol. The van der Waals surface area contributed by atoms with Gasteiger partial charge in [0, 0.05) is 0 Å². The van der Waals surface area contributed by atoms with Crippen molar-refractivity contribution in [2.45, 2.75) is 19.7 Å². The lowest BCUT2D eigenvalue weighted by molar-refractivity contribution is 0.199. The first kappa shape index (κ1) is 8.21. The lowest BCUT2D eigenvalue weighted by atomic mass is 10.1. The fourth-order valence-corrected chi connectivity index (χ4v) is 0.885. The quantitative estimate of drug-likeness (QED) is 0.692. The van der Waals surface area contributed by atoms with Gasteiger partial charge in [0.2, 0.25) is 0 Å². The smallest absolute Gasteiger partial charge is 0.115 e. The van der Waals surface area contributed by atoms with Crippen molar-refractivity contribution in [3.8, 4) is 0 Å². The molecule has 0 fully saturated rings. The summed E-state index contributed by atoms with van der Waals surface area (Å²) in [5.41, 5.74) is 1.47. The maximum atomic E-state index is 12.0. The molecule has 1 aromatic rings. The maximum absolute atomic E-state index is 12.0. The number of hydrogen-bond acceptors (Lipinski definition) is 1. The molecule has 11 heavy (non-hydrogen) atoms. The van der Waals surface area contributed by atoms with Crippen LogP contribution in [0.2, 0.25) is 0 Å². The van der Waals surface area contributed by atoms with Gasteiger partial charge in [-0.1, -0.05) is 24.3 Å². The molecule has 0 saturated carbocycles. The van der Waals surface area contributed by atoms with E-state index in [-0.39, 0.29) is 0 Å². The van der Waals surface area contributed by atoms with Gasteiger partial charge in [0.25, 0.3) is 0 Å². The SMILES string of the molecule is CC(O)c1ccc(CF)cc1. The molecular formula is C9H11FO. The van der Waals surface area contributed by atoms with E-state index < -0.39 is 12.8 Å². The number of alkyl halides is 1. The lowest BCUT2D eigenvalue weighted by Gasteiger charge is -2.03. The van der Waals surface area contributed by atoms with Gasteiger partial charge in [-0.3, -0.25) is 0 Å². The molecule has 0 saturated heterocycles. The van der Waals surface area contributed by atoms with Gasteiger partial charge in [-0.2, -0.15) is 0 Å². The Kier molecular flexibility index (Phi) is 2.60. The second-order valence-corrected chi connectivity index (χ2v) is 2.55. The van der Waals surface area contributed by atoms with Crippen LogP contribution in [-0.2, 0) is 6.67 Å². The Labute approximate surface area is 65.5 Å². The minimum absolute atomic E-state index is 0.444. The third kappa shape index (κ3) is 2.02. The summed E-state index contributed by atoms with van der Waals surface area (Å²) in [5, 5.41) is 9.09. The molecule has 60 valence electrons. The minimum atomic E-state index is -0.469. The summed E-state index contributed by atoms with van der Waals surface area (Å²) in [4.78, 5) is 0. The van der Waals surface area contributed by atoms with Crippen molar-refractivity contribution in [1.29, 1.82) is 0 Å². The highest BCUT2D eigenvalue weighted by Crippen LogP contribution is 2.12. The van der Waals surface area contributed by atoms with Crippen molar-refractivity contribution in [3.05, 3.63) is 35.4 Å². The molecule has 0 heterocycles. The molecule has 0 aliphatic heterocycles. The first-order chi connectivity index (χ1) is 5.24. The topological polar surface area (TPSA) is 20.2 Å². The second kappa shape index (κ2) is 3.49. The first-order valence-corrected chi connectivity index (χ1v) is 3.57. The Hall–Kier alpha value is -0.890. The first-order valence-electron chi connectivity index (χ1n) is 3.57. The Morgan fingerprint density at radius 3 is 2.27 bits per heavy atom. The van der Waals surface area contributed by atoms with Gasteiger partial charge in [0.15, 0.2) is 0 Å². The van der Waals surface area contributed by atoms with Gasteiger partial charge in [-0.25, -0.2) is 4.39 Å². The maximum Gasteiger partial charge on any atom is 0.115 e. The lowest BCUT2D eigenvalue weighted by Crippen LogP contribution is -1.90. The van der Waals surface area contributed by atoms with E-state index in [0.717, 1.165) is 5.56 Å². The van der Waals surface area contributed by atoms with E-state index in [9.17, 15) is 4.39 Å². The van der Waals surface area contributed by atoms with Gasteiger partial charge in [0.05, 0.1) is 6.10 Å². The Bertz CT molecular complexity index is 216. The molecule has 1 nitrogen and oxygen atoms in total. The highest BCUT2D eigenvalue weighted by Gasteiger charge is 1.98. The number of rotatable bonds is 2. The molecule has 1 rings (SSSR count). The number of halogens is 1. The van der Waals surface area contributed by atoms with Crippen LogP contribution in [0.5, 0.6) is 0 Å². The summed E-state index contributed by atoms with van der Waals surface area (Å²) in [5.74, 6) is 0. The summed E-state index contributed by atoms with van der Waals surface area (Å²) < 4.78 is 12.0. The fourth-order valence-electron chi connectivity index (χ4n) is 0.885. The number of benzene rings is 1. The molecule has 0 amide bonds. The van der Waals surface area contributed by atoms with Crippen LogP contribution in [0.15, 0.2) is 24.3 Å². The molecule has 2 heteroatoms. The van der Waals surface area contributed by atoms with Crippen LogP contribution in [0.25, 0.3) is 0 Å². The predicted octanol–water partition coefficient (Wildman–Crippen LogP) is 2.21. The third-order valence-corrected chi connectivity index (χ3v) is 1.62. The molecule has 0 aliphatic rings. The number of aliphatic hydroxyl groups is 1. The minimum Gasteiger partial charge on any atom is -0.389 e. The van der Waals surface area contributed by atoms with Crippen LogP contribution < -0.4 is 0 Å². The van der Waals surface area contributed by atoms with Crippen LogP contribution in [0, 0.1) is 0 Å². The zero-order valence-electron chi connectivity index (χ0n) is 6.42. The summed E-state index contributed by atoms with van der Waals surface area (Å²) >= 11 is 0. The summed E-state index contributed by atoms with van der Waals surface area (Å²) in [7, 11) is 0. The molecule has 0 aliphatic carbocycles.